The minimum absolute atomic E-state index is 0.118. The molecule has 4 nitrogen and oxygen atoms in total. The first-order valence-electron chi connectivity index (χ1n) is 9.63. The van der Waals surface area contributed by atoms with Crippen molar-refractivity contribution in [2.45, 2.75) is 12.4 Å². The summed E-state index contributed by atoms with van der Waals surface area (Å²) in [7, 11) is 0. The van der Waals surface area contributed by atoms with Gasteiger partial charge in [-0.25, -0.2) is 0 Å². The second-order valence-corrected chi connectivity index (χ2v) is 7.43. The molecule has 1 aliphatic rings. The van der Waals surface area contributed by atoms with Crippen molar-refractivity contribution in [1.29, 1.82) is 0 Å². The van der Waals surface area contributed by atoms with Crippen molar-refractivity contribution in [1.82, 2.24) is 9.88 Å². The normalized spacial score (nSPS) is 15.0. The van der Waals surface area contributed by atoms with Crippen molar-refractivity contribution in [2.24, 2.45) is 0 Å². The number of aromatic amines is 1. The van der Waals surface area contributed by atoms with Gasteiger partial charge in [-0.2, -0.15) is 0 Å². The summed E-state index contributed by atoms with van der Waals surface area (Å²) in [6.45, 7) is 5.08. The molecule has 0 unspecified atom stereocenters. The lowest BCUT2D eigenvalue weighted by Crippen LogP contribution is -2.45. The minimum atomic E-state index is -0.118. The van der Waals surface area contributed by atoms with Crippen LogP contribution in [0.15, 0.2) is 71.5 Å². The van der Waals surface area contributed by atoms with Crippen LogP contribution in [0.5, 0.6) is 0 Å². The SMILES string of the molecule is O=c1[nH]c(-c2cccc(N3CCN(Cc4ccccc4)CC3)c2)ccc1CCl. The van der Waals surface area contributed by atoms with Gasteiger partial charge in [-0.15, -0.1) is 11.6 Å². The summed E-state index contributed by atoms with van der Waals surface area (Å²) in [6.07, 6.45) is 0. The van der Waals surface area contributed by atoms with E-state index in [2.05, 4.69) is 63.3 Å². The number of rotatable bonds is 5. The van der Waals surface area contributed by atoms with Crippen LogP contribution in [0.1, 0.15) is 11.1 Å². The average Bonchev–Trinajstić information content (AvgIpc) is 2.75. The second-order valence-electron chi connectivity index (χ2n) is 7.16. The largest absolute Gasteiger partial charge is 0.369 e. The first-order valence-corrected chi connectivity index (χ1v) is 10.2. The predicted octanol–water partition coefficient (Wildman–Crippen LogP) is 4.10. The first-order chi connectivity index (χ1) is 13.7. The van der Waals surface area contributed by atoms with Crippen molar-refractivity contribution in [3.8, 4) is 11.3 Å². The maximum atomic E-state index is 12.1. The van der Waals surface area contributed by atoms with Gasteiger partial charge in [0.15, 0.2) is 0 Å². The molecule has 1 aliphatic heterocycles. The van der Waals surface area contributed by atoms with Gasteiger partial charge in [-0.1, -0.05) is 48.5 Å². The number of pyridine rings is 1. The van der Waals surface area contributed by atoms with Gasteiger partial charge < -0.3 is 9.88 Å². The van der Waals surface area contributed by atoms with Gasteiger partial charge in [0.25, 0.3) is 5.56 Å². The van der Waals surface area contributed by atoms with Crippen molar-refractivity contribution in [3.63, 3.8) is 0 Å². The van der Waals surface area contributed by atoms with Crippen LogP contribution in [0.2, 0.25) is 0 Å². The van der Waals surface area contributed by atoms with Crippen LogP contribution in [-0.4, -0.2) is 36.1 Å². The highest BCUT2D eigenvalue weighted by Crippen LogP contribution is 2.24. The molecule has 1 fully saturated rings. The molecule has 4 rings (SSSR count). The van der Waals surface area contributed by atoms with E-state index in [0.717, 1.165) is 44.0 Å². The topological polar surface area (TPSA) is 39.3 Å². The molecule has 144 valence electrons. The molecule has 2 aromatic carbocycles. The number of piperazine rings is 1. The summed E-state index contributed by atoms with van der Waals surface area (Å²) < 4.78 is 0. The van der Waals surface area contributed by atoms with Gasteiger partial charge >= 0.3 is 0 Å². The second kappa shape index (κ2) is 8.63. The fourth-order valence-corrected chi connectivity index (χ4v) is 3.86. The lowest BCUT2D eigenvalue weighted by Gasteiger charge is -2.36. The van der Waals surface area contributed by atoms with Crippen LogP contribution >= 0.6 is 11.6 Å². The molecule has 0 bridgehead atoms. The summed E-state index contributed by atoms with van der Waals surface area (Å²) in [5.41, 5.74) is 4.87. The lowest BCUT2D eigenvalue weighted by molar-refractivity contribution is 0.250. The highest BCUT2D eigenvalue weighted by molar-refractivity contribution is 6.17. The van der Waals surface area contributed by atoms with Gasteiger partial charge in [-0.05, 0) is 23.8 Å². The van der Waals surface area contributed by atoms with Crippen LogP contribution in [0, 0.1) is 0 Å². The highest BCUT2D eigenvalue weighted by Gasteiger charge is 2.17. The molecule has 1 saturated heterocycles. The van der Waals surface area contributed by atoms with E-state index in [1.54, 1.807) is 6.07 Å². The number of alkyl halides is 1. The third-order valence-electron chi connectivity index (χ3n) is 5.28. The molecule has 0 aliphatic carbocycles. The summed E-state index contributed by atoms with van der Waals surface area (Å²) in [5, 5.41) is 0. The molecule has 1 aromatic heterocycles. The van der Waals surface area contributed by atoms with E-state index in [9.17, 15) is 4.79 Å². The molecule has 0 saturated carbocycles. The van der Waals surface area contributed by atoms with Crippen molar-refractivity contribution in [3.05, 3.63) is 88.2 Å². The van der Waals surface area contributed by atoms with E-state index < -0.39 is 0 Å². The van der Waals surface area contributed by atoms with Crippen LogP contribution in [0.4, 0.5) is 5.69 Å². The van der Waals surface area contributed by atoms with Crippen molar-refractivity contribution < 1.29 is 0 Å². The molecule has 0 atom stereocenters. The molecule has 5 heteroatoms. The molecule has 2 heterocycles. The zero-order chi connectivity index (χ0) is 19.3. The van der Waals surface area contributed by atoms with Crippen molar-refractivity contribution >= 4 is 17.3 Å². The maximum Gasteiger partial charge on any atom is 0.252 e. The van der Waals surface area contributed by atoms with E-state index in [1.807, 2.05) is 12.1 Å². The molecule has 28 heavy (non-hydrogen) atoms. The fourth-order valence-electron chi connectivity index (χ4n) is 3.65. The number of H-pyrrole nitrogens is 1. The predicted molar refractivity (Wildman–Crippen MR) is 116 cm³/mol. The van der Waals surface area contributed by atoms with E-state index in [0.29, 0.717) is 5.56 Å². The number of halogens is 1. The highest BCUT2D eigenvalue weighted by atomic mass is 35.5. The van der Waals surface area contributed by atoms with Gasteiger partial charge in [0, 0.05) is 55.2 Å². The van der Waals surface area contributed by atoms with E-state index >= 15 is 0 Å². The maximum absolute atomic E-state index is 12.1. The molecular formula is C23H24ClN3O. The Morgan fingerprint density at radius 2 is 1.68 bits per heavy atom. The van der Waals surface area contributed by atoms with E-state index in [4.69, 9.17) is 11.6 Å². The number of nitrogens with one attached hydrogen (secondary N) is 1. The molecule has 0 amide bonds. The zero-order valence-corrected chi connectivity index (χ0v) is 16.5. The number of hydrogen-bond acceptors (Lipinski definition) is 3. The standard InChI is InChI=1S/C23H24ClN3O/c24-16-20-9-10-22(25-23(20)28)19-7-4-8-21(15-19)27-13-11-26(12-14-27)17-18-5-2-1-3-6-18/h1-10,15H,11-14,16-17H2,(H,25,28). The average molecular weight is 394 g/mol. The summed E-state index contributed by atoms with van der Waals surface area (Å²) in [5.74, 6) is 0.225. The van der Waals surface area contributed by atoms with Crippen LogP contribution in [-0.2, 0) is 12.4 Å². The number of nitrogens with zero attached hydrogens (tertiary/aromatic N) is 2. The molecule has 1 N–H and O–H groups in total. The Kier molecular flexibility index (Phi) is 5.79. The monoisotopic (exact) mass is 393 g/mol. The fraction of sp³-hybridized carbons (Fsp3) is 0.261. The van der Waals surface area contributed by atoms with E-state index in [-0.39, 0.29) is 11.4 Å². The van der Waals surface area contributed by atoms with Crippen molar-refractivity contribution in [2.75, 3.05) is 31.1 Å². The first kappa shape index (κ1) is 18.8. The lowest BCUT2D eigenvalue weighted by atomic mass is 10.1. The third kappa shape index (κ3) is 4.29. The van der Waals surface area contributed by atoms with Gasteiger partial charge in [0.1, 0.15) is 0 Å². The summed E-state index contributed by atoms with van der Waals surface area (Å²) >= 11 is 5.79. The minimum Gasteiger partial charge on any atom is -0.369 e. The van der Waals surface area contributed by atoms with E-state index in [1.165, 1.54) is 11.3 Å². The van der Waals surface area contributed by atoms with Crippen LogP contribution < -0.4 is 10.5 Å². The Bertz CT molecular complexity index is 978. The Balaban J connectivity index is 1.44. The third-order valence-corrected chi connectivity index (χ3v) is 5.57. The molecule has 0 radical (unpaired) electrons. The zero-order valence-electron chi connectivity index (χ0n) is 15.8. The van der Waals surface area contributed by atoms with Gasteiger partial charge in [0.05, 0.1) is 5.88 Å². The Morgan fingerprint density at radius 1 is 0.893 bits per heavy atom. The Hall–Kier alpha value is -2.56. The van der Waals surface area contributed by atoms with Crippen LogP contribution in [0.3, 0.4) is 0 Å². The van der Waals surface area contributed by atoms with Gasteiger partial charge in [0.2, 0.25) is 0 Å². The summed E-state index contributed by atoms with van der Waals surface area (Å²) in [4.78, 5) is 19.9. The number of benzene rings is 2. The number of anilines is 1. The quantitative estimate of drug-likeness (QED) is 0.663. The van der Waals surface area contributed by atoms with Gasteiger partial charge in [-0.3, -0.25) is 9.69 Å². The molecular weight excluding hydrogens is 370 g/mol. The summed E-state index contributed by atoms with van der Waals surface area (Å²) in [6, 6.07) is 22.7. The smallest absolute Gasteiger partial charge is 0.252 e. The van der Waals surface area contributed by atoms with Crippen LogP contribution in [0.25, 0.3) is 11.3 Å². The Morgan fingerprint density at radius 3 is 2.39 bits per heavy atom. The molecule has 0 spiro atoms. The molecule has 3 aromatic rings. The number of aromatic nitrogens is 1. The number of hydrogen-bond donors (Lipinski definition) is 1. The Labute approximate surface area is 170 Å².